The number of benzene rings is 2. The third-order valence-electron chi connectivity index (χ3n) is 7.39. The average Bonchev–Trinajstić information content (AvgIpc) is 3.63. The van der Waals surface area contributed by atoms with E-state index >= 15 is 0 Å². The summed E-state index contributed by atoms with van der Waals surface area (Å²) >= 11 is 1.60. The van der Waals surface area contributed by atoms with Crippen molar-refractivity contribution in [2.24, 2.45) is 5.92 Å². The number of aryl methyl sites for hydroxylation is 1. The number of nitrogens with zero attached hydrogens (tertiary/aromatic N) is 3. The average molecular weight is 535 g/mol. The van der Waals surface area contributed by atoms with Crippen molar-refractivity contribution >= 4 is 29.1 Å². The van der Waals surface area contributed by atoms with Crippen molar-refractivity contribution in [3.63, 3.8) is 0 Å². The van der Waals surface area contributed by atoms with Crippen LogP contribution in [0.3, 0.4) is 0 Å². The smallest absolute Gasteiger partial charge is 0.255 e. The highest BCUT2D eigenvalue weighted by Crippen LogP contribution is 2.31. The molecule has 5 rings (SSSR count). The second-order valence-corrected chi connectivity index (χ2v) is 11.1. The molecule has 198 valence electrons. The molecule has 3 aromatic rings. The SMILES string of the molecule is Cc1ncsc1-c1ccc(CNC(=O)[C@@H]2CCCN2C(=O)C(C(C)C)N2Cc3ccc(F)cc3C2=O)cc1. The fourth-order valence-electron chi connectivity index (χ4n) is 5.43. The number of amides is 3. The number of aromatic nitrogens is 1. The fourth-order valence-corrected chi connectivity index (χ4v) is 6.24. The fraction of sp³-hybridized carbons (Fsp3) is 0.379. The molecule has 0 spiro atoms. The molecule has 0 aliphatic carbocycles. The van der Waals surface area contributed by atoms with Gasteiger partial charge in [0.05, 0.1) is 16.1 Å². The molecule has 0 saturated carbocycles. The Balaban J connectivity index is 1.25. The van der Waals surface area contributed by atoms with Gasteiger partial charge >= 0.3 is 0 Å². The number of likely N-dealkylation sites (tertiary alicyclic amines) is 1. The molecule has 1 fully saturated rings. The molecule has 7 nitrogen and oxygen atoms in total. The Morgan fingerprint density at radius 1 is 1.18 bits per heavy atom. The number of carbonyl (C=O) groups excluding carboxylic acids is 3. The molecule has 2 aliphatic rings. The summed E-state index contributed by atoms with van der Waals surface area (Å²) in [6.07, 6.45) is 1.29. The lowest BCUT2D eigenvalue weighted by Gasteiger charge is -2.35. The van der Waals surface area contributed by atoms with Crippen molar-refractivity contribution in [3.8, 4) is 10.4 Å². The minimum absolute atomic E-state index is 0.171. The minimum Gasteiger partial charge on any atom is -0.350 e. The monoisotopic (exact) mass is 534 g/mol. The van der Waals surface area contributed by atoms with Crippen LogP contribution in [0.2, 0.25) is 0 Å². The van der Waals surface area contributed by atoms with Crippen molar-refractivity contribution in [2.75, 3.05) is 6.54 Å². The second kappa shape index (κ2) is 10.6. The molecular weight excluding hydrogens is 503 g/mol. The minimum atomic E-state index is -0.728. The molecule has 9 heteroatoms. The van der Waals surface area contributed by atoms with Crippen molar-refractivity contribution in [3.05, 3.63) is 76.2 Å². The summed E-state index contributed by atoms with van der Waals surface area (Å²) < 4.78 is 13.8. The lowest BCUT2D eigenvalue weighted by molar-refractivity contribution is -0.143. The quantitative estimate of drug-likeness (QED) is 0.482. The second-order valence-electron chi connectivity index (χ2n) is 10.3. The van der Waals surface area contributed by atoms with Gasteiger partial charge in [-0.05, 0) is 54.5 Å². The molecule has 3 amide bonds. The van der Waals surface area contributed by atoms with Gasteiger partial charge in [-0.2, -0.15) is 0 Å². The number of hydrogen-bond donors (Lipinski definition) is 1. The largest absolute Gasteiger partial charge is 0.350 e. The first-order valence-corrected chi connectivity index (χ1v) is 13.8. The Morgan fingerprint density at radius 2 is 1.95 bits per heavy atom. The maximum absolute atomic E-state index is 13.8. The van der Waals surface area contributed by atoms with E-state index in [2.05, 4.69) is 10.3 Å². The van der Waals surface area contributed by atoms with Crippen LogP contribution in [-0.4, -0.2) is 51.1 Å². The molecular formula is C29H31FN4O3S. The Bertz CT molecular complexity index is 1370. The van der Waals surface area contributed by atoms with Gasteiger partial charge in [0.25, 0.3) is 5.91 Å². The van der Waals surface area contributed by atoms with Gasteiger partial charge in [-0.3, -0.25) is 14.4 Å². The zero-order valence-electron chi connectivity index (χ0n) is 21.7. The van der Waals surface area contributed by atoms with E-state index in [9.17, 15) is 18.8 Å². The van der Waals surface area contributed by atoms with Gasteiger partial charge < -0.3 is 15.1 Å². The van der Waals surface area contributed by atoms with Crippen LogP contribution < -0.4 is 5.32 Å². The molecule has 0 radical (unpaired) electrons. The van der Waals surface area contributed by atoms with E-state index in [1.807, 2.05) is 50.5 Å². The molecule has 2 atom stereocenters. The van der Waals surface area contributed by atoms with Crippen LogP contribution in [0.4, 0.5) is 4.39 Å². The Hall–Kier alpha value is -3.59. The van der Waals surface area contributed by atoms with E-state index in [-0.39, 0.29) is 30.2 Å². The van der Waals surface area contributed by atoms with Crippen molar-refractivity contribution in [1.29, 1.82) is 0 Å². The summed E-state index contributed by atoms with van der Waals surface area (Å²) in [5.74, 6) is -1.42. The third-order valence-corrected chi connectivity index (χ3v) is 8.37. The molecule has 2 aromatic carbocycles. The molecule has 38 heavy (non-hydrogen) atoms. The predicted octanol–water partition coefficient (Wildman–Crippen LogP) is 4.55. The molecule has 3 heterocycles. The van der Waals surface area contributed by atoms with E-state index in [0.29, 0.717) is 30.6 Å². The van der Waals surface area contributed by atoms with Gasteiger partial charge in [-0.25, -0.2) is 9.37 Å². The summed E-state index contributed by atoms with van der Waals surface area (Å²) in [4.78, 5) is 48.7. The molecule has 0 bridgehead atoms. The van der Waals surface area contributed by atoms with Crippen LogP contribution in [0.15, 0.2) is 48.0 Å². The summed E-state index contributed by atoms with van der Waals surface area (Å²) in [6, 6.07) is 10.9. The maximum Gasteiger partial charge on any atom is 0.255 e. The van der Waals surface area contributed by atoms with E-state index in [1.165, 1.54) is 17.0 Å². The molecule has 1 saturated heterocycles. The maximum atomic E-state index is 13.8. The van der Waals surface area contributed by atoms with Crippen molar-refractivity contribution < 1.29 is 18.8 Å². The van der Waals surface area contributed by atoms with Crippen LogP contribution in [-0.2, 0) is 22.7 Å². The zero-order valence-corrected chi connectivity index (χ0v) is 22.6. The lowest BCUT2D eigenvalue weighted by Crippen LogP contribution is -2.55. The van der Waals surface area contributed by atoms with Gasteiger partial charge in [-0.15, -0.1) is 11.3 Å². The molecule has 1 aromatic heterocycles. The van der Waals surface area contributed by atoms with Gasteiger partial charge in [0.2, 0.25) is 11.8 Å². The third kappa shape index (κ3) is 4.95. The summed E-state index contributed by atoms with van der Waals surface area (Å²) in [5.41, 5.74) is 5.89. The van der Waals surface area contributed by atoms with E-state index in [1.54, 1.807) is 22.3 Å². The van der Waals surface area contributed by atoms with E-state index < -0.39 is 17.9 Å². The first kappa shape index (κ1) is 26.0. The standard InChI is InChI=1S/C29H31FN4O3S/c1-17(2)25(34-15-21-10-11-22(30)13-23(21)28(34)36)29(37)33-12-4-5-24(33)27(35)31-14-19-6-8-20(9-7-19)26-18(3)32-16-38-26/h6-11,13,16-17,24-25H,4-5,12,14-15H2,1-3H3,(H,31,35)/t24-,25?/m0/s1. The van der Waals surface area contributed by atoms with Crippen LogP contribution >= 0.6 is 11.3 Å². The lowest BCUT2D eigenvalue weighted by atomic mass is 10.0. The molecule has 1 unspecified atom stereocenters. The number of thiazole rings is 1. The van der Waals surface area contributed by atoms with Crippen molar-refractivity contribution in [1.82, 2.24) is 20.1 Å². The Labute approximate surface area is 225 Å². The van der Waals surface area contributed by atoms with Gasteiger partial charge in [0, 0.05) is 25.2 Å². The first-order valence-electron chi connectivity index (χ1n) is 12.9. The number of halogens is 1. The molecule has 1 N–H and O–H groups in total. The van der Waals surface area contributed by atoms with E-state index in [4.69, 9.17) is 0 Å². The highest BCUT2D eigenvalue weighted by Gasteiger charge is 2.43. The Morgan fingerprint density at radius 3 is 2.63 bits per heavy atom. The topological polar surface area (TPSA) is 82.6 Å². The number of hydrogen-bond acceptors (Lipinski definition) is 5. The normalized spacial score (nSPS) is 17.7. The van der Waals surface area contributed by atoms with Crippen LogP contribution in [0.1, 0.15) is 53.9 Å². The van der Waals surface area contributed by atoms with E-state index in [0.717, 1.165) is 28.1 Å². The number of carbonyl (C=O) groups is 3. The number of rotatable bonds is 7. The number of fused-ring (bicyclic) bond motifs is 1. The predicted molar refractivity (Wildman–Crippen MR) is 144 cm³/mol. The summed E-state index contributed by atoms with van der Waals surface area (Å²) in [5, 5.41) is 2.99. The first-order chi connectivity index (χ1) is 18.2. The van der Waals surface area contributed by atoms with Gasteiger partial charge in [0.15, 0.2) is 0 Å². The van der Waals surface area contributed by atoms with Gasteiger partial charge in [0.1, 0.15) is 17.9 Å². The highest BCUT2D eigenvalue weighted by atomic mass is 32.1. The van der Waals surface area contributed by atoms with Crippen molar-refractivity contribution in [2.45, 2.75) is 58.8 Å². The summed E-state index contributed by atoms with van der Waals surface area (Å²) in [6.45, 7) is 6.84. The zero-order chi connectivity index (χ0) is 27.0. The van der Waals surface area contributed by atoms with Crippen LogP contribution in [0.25, 0.3) is 10.4 Å². The molecule has 2 aliphatic heterocycles. The highest BCUT2D eigenvalue weighted by molar-refractivity contribution is 7.13. The van der Waals surface area contributed by atoms with Gasteiger partial charge in [-0.1, -0.05) is 44.2 Å². The number of nitrogens with one attached hydrogen (secondary N) is 1. The Kier molecular flexibility index (Phi) is 7.29. The van der Waals surface area contributed by atoms with Crippen LogP contribution in [0, 0.1) is 18.7 Å². The van der Waals surface area contributed by atoms with Crippen LogP contribution in [0.5, 0.6) is 0 Å². The summed E-state index contributed by atoms with van der Waals surface area (Å²) in [7, 11) is 0.